The number of ether oxygens (including phenoxy) is 1. The first-order valence-corrected chi connectivity index (χ1v) is 9.80. The molecule has 132 valence electrons. The third-order valence-corrected chi connectivity index (χ3v) is 6.04. The molecule has 0 bridgehead atoms. The topological polar surface area (TPSA) is 55.8 Å². The van der Waals surface area contributed by atoms with Crippen LogP contribution in [0.5, 0.6) is 0 Å². The van der Waals surface area contributed by atoms with Gasteiger partial charge in [0.05, 0.1) is 7.11 Å². The molecule has 5 nitrogen and oxygen atoms in total. The molecule has 1 aliphatic carbocycles. The van der Waals surface area contributed by atoms with Crippen molar-refractivity contribution >= 4 is 14.1 Å². The Morgan fingerprint density at radius 2 is 1.92 bits per heavy atom. The standard InChI is InChI=1S/C18H27NO4P/c1-19(18(20)23-14-16-11-7-4-8-12-16)17(24(21)22-2)13-15-9-5-3-6-10-15/h4,7-8,11-12,15,17H,3,5-6,9-10,13-14H2,1-2H3/q+1. The molecule has 0 radical (unpaired) electrons. The van der Waals surface area contributed by atoms with E-state index in [4.69, 9.17) is 9.26 Å². The SMILES string of the molecule is CO[P+](=O)C(CC1CCCCC1)N(C)C(=O)OCc1ccccc1. The van der Waals surface area contributed by atoms with Gasteiger partial charge in [-0.15, -0.1) is 4.52 Å². The highest BCUT2D eigenvalue weighted by Crippen LogP contribution is 2.38. The van der Waals surface area contributed by atoms with Gasteiger partial charge < -0.3 is 4.74 Å². The largest absolute Gasteiger partial charge is 0.533 e. The molecule has 1 amide bonds. The van der Waals surface area contributed by atoms with Crippen molar-refractivity contribution in [1.29, 1.82) is 0 Å². The van der Waals surface area contributed by atoms with Crippen molar-refractivity contribution in [3.8, 4) is 0 Å². The molecule has 0 aromatic heterocycles. The van der Waals surface area contributed by atoms with Gasteiger partial charge in [0, 0.05) is 13.5 Å². The predicted molar refractivity (Wildman–Crippen MR) is 94.0 cm³/mol. The number of hydrogen-bond acceptors (Lipinski definition) is 4. The molecule has 1 aromatic rings. The highest BCUT2D eigenvalue weighted by Gasteiger charge is 2.40. The fourth-order valence-electron chi connectivity index (χ4n) is 3.17. The van der Waals surface area contributed by atoms with Gasteiger partial charge in [-0.3, -0.25) is 4.90 Å². The van der Waals surface area contributed by atoms with E-state index in [-0.39, 0.29) is 6.61 Å². The van der Waals surface area contributed by atoms with Crippen LogP contribution in [0.15, 0.2) is 30.3 Å². The Hall–Kier alpha value is -1.45. The van der Waals surface area contributed by atoms with Crippen molar-refractivity contribution in [3.63, 3.8) is 0 Å². The highest BCUT2D eigenvalue weighted by atomic mass is 31.1. The summed E-state index contributed by atoms with van der Waals surface area (Å²) >= 11 is 0. The van der Waals surface area contributed by atoms with Gasteiger partial charge in [0.2, 0.25) is 0 Å². The molecule has 0 saturated heterocycles. The second kappa shape index (κ2) is 9.75. The van der Waals surface area contributed by atoms with Crippen molar-refractivity contribution in [3.05, 3.63) is 35.9 Å². The predicted octanol–water partition coefficient (Wildman–Crippen LogP) is 4.94. The Kier molecular flexibility index (Phi) is 7.67. The summed E-state index contributed by atoms with van der Waals surface area (Å²) in [7, 11) is 1.14. The number of benzene rings is 1. The van der Waals surface area contributed by atoms with Crippen LogP contribution in [-0.2, 0) is 20.4 Å². The van der Waals surface area contributed by atoms with E-state index in [1.54, 1.807) is 7.05 Å². The van der Waals surface area contributed by atoms with Crippen LogP contribution in [0.2, 0.25) is 0 Å². The first-order chi connectivity index (χ1) is 11.6. The van der Waals surface area contributed by atoms with Gasteiger partial charge in [0.15, 0.2) is 0 Å². The zero-order chi connectivity index (χ0) is 17.4. The first-order valence-electron chi connectivity index (χ1n) is 8.55. The molecule has 0 heterocycles. The van der Waals surface area contributed by atoms with Gasteiger partial charge in [-0.05, 0) is 16.0 Å². The van der Waals surface area contributed by atoms with Crippen LogP contribution in [0.25, 0.3) is 0 Å². The van der Waals surface area contributed by atoms with Gasteiger partial charge in [-0.1, -0.05) is 62.4 Å². The number of nitrogens with zero attached hydrogens (tertiary/aromatic N) is 1. The van der Waals surface area contributed by atoms with Crippen LogP contribution in [0.1, 0.15) is 44.1 Å². The quantitative estimate of drug-likeness (QED) is 0.652. The van der Waals surface area contributed by atoms with E-state index >= 15 is 0 Å². The number of rotatable bonds is 7. The Balaban J connectivity index is 1.93. The van der Waals surface area contributed by atoms with Crippen LogP contribution in [0.4, 0.5) is 4.79 Å². The van der Waals surface area contributed by atoms with Gasteiger partial charge in [0.1, 0.15) is 6.61 Å². The molecule has 2 unspecified atom stereocenters. The highest BCUT2D eigenvalue weighted by molar-refractivity contribution is 7.39. The van der Waals surface area contributed by atoms with E-state index in [9.17, 15) is 9.36 Å². The molecule has 0 aliphatic heterocycles. The zero-order valence-electron chi connectivity index (χ0n) is 14.5. The lowest BCUT2D eigenvalue weighted by atomic mass is 9.87. The van der Waals surface area contributed by atoms with Crippen molar-refractivity contribution < 1.29 is 18.6 Å². The zero-order valence-corrected chi connectivity index (χ0v) is 15.4. The maximum atomic E-state index is 12.3. The summed E-state index contributed by atoms with van der Waals surface area (Å²) in [6.07, 6.45) is 6.21. The Labute approximate surface area is 145 Å². The van der Waals surface area contributed by atoms with Crippen molar-refractivity contribution in [2.24, 2.45) is 5.92 Å². The third-order valence-electron chi connectivity index (χ3n) is 4.63. The summed E-state index contributed by atoms with van der Waals surface area (Å²) in [4.78, 5) is 13.8. The first kappa shape index (κ1) is 18.9. The molecule has 1 fully saturated rings. The maximum absolute atomic E-state index is 12.3. The fraction of sp³-hybridized carbons (Fsp3) is 0.611. The third kappa shape index (κ3) is 5.57. The van der Waals surface area contributed by atoms with E-state index in [1.165, 1.54) is 31.3 Å². The molecule has 1 aliphatic rings. The molecular formula is C18H27NO4P+. The molecule has 0 spiro atoms. The van der Waals surface area contributed by atoms with E-state index in [0.29, 0.717) is 12.3 Å². The van der Waals surface area contributed by atoms with Crippen LogP contribution in [-0.4, -0.2) is 30.9 Å². The minimum atomic E-state index is -1.93. The maximum Gasteiger partial charge on any atom is 0.533 e. The summed E-state index contributed by atoms with van der Waals surface area (Å²) in [5, 5.41) is 0. The molecular weight excluding hydrogens is 325 g/mol. The Morgan fingerprint density at radius 1 is 1.25 bits per heavy atom. The van der Waals surface area contributed by atoms with Crippen LogP contribution >= 0.6 is 8.03 Å². The molecule has 0 N–H and O–H groups in total. The van der Waals surface area contributed by atoms with E-state index < -0.39 is 19.9 Å². The van der Waals surface area contributed by atoms with E-state index in [2.05, 4.69) is 0 Å². The van der Waals surface area contributed by atoms with E-state index in [0.717, 1.165) is 18.4 Å². The summed E-state index contributed by atoms with van der Waals surface area (Å²) in [5.41, 5.74) is 0.930. The minimum Gasteiger partial charge on any atom is -0.444 e. The smallest absolute Gasteiger partial charge is 0.444 e. The number of hydrogen-bond donors (Lipinski definition) is 0. The van der Waals surface area contributed by atoms with Gasteiger partial charge in [-0.2, -0.15) is 0 Å². The summed E-state index contributed by atoms with van der Waals surface area (Å²) < 4.78 is 22.7. The van der Waals surface area contributed by atoms with Crippen molar-refractivity contribution in [2.75, 3.05) is 14.2 Å². The van der Waals surface area contributed by atoms with Crippen LogP contribution in [0, 0.1) is 5.92 Å². The van der Waals surface area contributed by atoms with Gasteiger partial charge >= 0.3 is 14.1 Å². The molecule has 1 saturated carbocycles. The number of carbonyl (C=O) groups excluding carboxylic acids is 1. The average Bonchev–Trinajstić information content (AvgIpc) is 2.64. The van der Waals surface area contributed by atoms with Crippen LogP contribution < -0.4 is 0 Å². The van der Waals surface area contributed by atoms with Crippen LogP contribution in [0.3, 0.4) is 0 Å². The van der Waals surface area contributed by atoms with Gasteiger partial charge in [-0.25, -0.2) is 4.79 Å². The van der Waals surface area contributed by atoms with Crippen molar-refractivity contribution in [1.82, 2.24) is 4.90 Å². The summed E-state index contributed by atoms with van der Waals surface area (Å²) in [6, 6.07) is 9.53. The lowest BCUT2D eigenvalue weighted by Gasteiger charge is -2.25. The monoisotopic (exact) mass is 352 g/mol. The molecule has 2 rings (SSSR count). The second-order valence-electron chi connectivity index (χ2n) is 6.34. The molecule has 6 heteroatoms. The lowest BCUT2D eigenvalue weighted by molar-refractivity contribution is 0.0948. The molecule has 2 atom stereocenters. The Morgan fingerprint density at radius 3 is 2.54 bits per heavy atom. The number of carbonyl (C=O) groups is 1. The lowest BCUT2D eigenvalue weighted by Crippen LogP contribution is -2.37. The normalized spacial score (nSPS) is 17.2. The summed E-state index contributed by atoms with van der Waals surface area (Å²) in [6.45, 7) is 0.212. The second-order valence-corrected chi connectivity index (χ2v) is 7.87. The number of amides is 1. The fourth-order valence-corrected chi connectivity index (χ4v) is 4.26. The Bertz CT molecular complexity index is 531. The van der Waals surface area contributed by atoms with Gasteiger partial charge in [0.25, 0.3) is 5.78 Å². The average molecular weight is 352 g/mol. The molecule has 24 heavy (non-hydrogen) atoms. The van der Waals surface area contributed by atoms with Crippen molar-refractivity contribution in [2.45, 2.75) is 50.9 Å². The summed E-state index contributed by atoms with van der Waals surface area (Å²) in [5.74, 6) is 0.0681. The molecule has 1 aromatic carbocycles. The minimum absolute atomic E-state index is 0.212. The van der Waals surface area contributed by atoms with E-state index in [1.807, 2.05) is 30.3 Å².